The number of rotatable bonds is 8. The molecule has 1 aliphatic rings. The van der Waals surface area contributed by atoms with Crippen LogP contribution in [0.3, 0.4) is 0 Å². The predicted octanol–water partition coefficient (Wildman–Crippen LogP) is 0.442. The molecule has 1 unspecified atom stereocenters. The monoisotopic (exact) mass is 311 g/mol. The average Bonchev–Trinajstić information content (AvgIpc) is 2.94. The van der Waals surface area contributed by atoms with Gasteiger partial charge in [0.25, 0.3) is 0 Å². The lowest BCUT2D eigenvalue weighted by atomic mass is 10.1. The first-order chi connectivity index (χ1) is 10.1. The fourth-order valence-corrected chi connectivity index (χ4v) is 3.22. The Morgan fingerprint density at radius 3 is 2.76 bits per heavy atom. The van der Waals surface area contributed by atoms with Crippen molar-refractivity contribution in [2.24, 2.45) is 0 Å². The smallest absolute Gasteiger partial charge is 0.212 e. The molecule has 5 nitrogen and oxygen atoms in total. The summed E-state index contributed by atoms with van der Waals surface area (Å²) in [5.41, 5.74) is 1.37. The van der Waals surface area contributed by atoms with E-state index in [1.165, 1.54) is 12.6 Å². The quantitative estimate of drug-likeness (QED) is 0.731. The molecule has 6 heteroatoms. The van der Waals surface area contributed by atoms with E-state index in [0.29, 0.717) is 12.6 Å². The van der Waals surface area contributed by atoms with E-state index in [1.807, 2.05) is 6.07 Å². The Bertz CT molecular complexity index is 519. The van der Waals surface area contributed by atoms with Crippen LogP contribution in [0.1, 0.15) is 12.0 Å². The van der Waals surface area contributed by atoms with Gasteiger partial charge >= 0.3 is 0 Å². The summed E-state index contributed by atoms with van der Waals surface area (Å²) in [4.78, 5) is 2.44. The molecule has 0 bridgehead atoms. The third kappa shape index (κ3) is 5.74. The number of nitrogens with zero attached hydrogens (tertiary/aromatic N) is 1. The van der Waals surface area contributed by atoms with Crippen molar-refractivity contribution in [1.82, 2.24) is 14.9 Å². The van der Waals surface area contributed by atoms with Crippen molar-refractivity contribution in [3.8, 4) is 0 Å². The molecular formula is C15H25N3O2S. The van der Waals surface area contributed by atoms with Crippen LogP contribution in [-0.4, -0.2) is 58.3 Å². The number of likely N-dealkylation sites (tertiary alicyclic amines) is 1. The molecule has 1 aliphatic heterocycles. The minimum Gasteiger partial charge on any atom is -0.312 e. The number of nitrogens with one attached hydrogen (secondary N) is 2. The predicted molar refractivity (Wildman–Crippen MR) is 85.8 cm³/mol. The third-order valence-corrected chi connectivity index (χ3v) is 5.31. The van der Waals surface area contributed by atoms with E-state index in [1.54, 1.807) is 0 Å². The average molecular weight is 311 g/mol. The molecule has 1 heterocycles. The topological polar surface area (TPSA) is 61.4 Å². The zero-order valence-corrected chi connectivity index (χ0v) is 13.4. The molecule has 1 aromatic rings. The van der Waals surface area contributed by atoms with Gasteiger partial charge in [-0.25, -0.2) is 13.1 Å². The molecule has 2 rings (SSSR count). The van der Waals surface area contributed by atoms with Crippen LogP contribution < -0.4 is 10.0 Å². The highest BCUT2D eigenvalue weighted by molar-refractivity contribution is 7.89. The van der Waals surface area contributed by atoms with Gasteiger partial charge in [-0.3, -0.25) is 0 Å². The molecular weight excluding hydrogens is 286 g/mol. The molecule has 118 valence electrons. The summed E-state index contributed by atoms with van der Waals surface area (Å²) in [6, 6.07) is 10.9. The second-order valence-corrected chi connectivity index (χ2v) is 7.54. The van der Waals surface area contributed by atoms with Crippen molar-refractivity contribution in [1.29, 1.82) is 0 Å². The number of hydrogen-bond acceptors (Lipinski definition) is 4. The number of benzene rings is 1. The van der Waals surface area contributed by atoms with Crippen LogP contribution in [0.4, 0.5) is 0 Å². The van der Waals surface area contributed by atoms with Gasteiger partial charge in [-0.15, -0.1) is 0 Å². The van der Waals surface area contributed by atoms with E-state index in [9.17, 15) is 8.42 Å². The lowest BCUT2D eigenvalue weighted by Crippen LogP contribution is -2.37. The fraction of sp³-hybridized carbons (Fsp3) is 0.600. The second kappa shape index (κ2) is 7.89. The third-order valence-electron chi connectivity index (χ3n) is 3.95. The van der Waals surface area contributed by atoms with E-state index in [2.05, 4.69) is 39.2 Å². The molecule has 1 fully saturated rings. The SMILES string of the molecule is CNS(=O)(=O)CCNC1CCN(CCc2ccccc2)C1. The van der Waals surface area contributed by atoms with Crippen LogP contribution in [0.5, 0.6) is 0 Å². The van der Waals surface area contributed by atoms with Gasteiger partial charge in [0.1, 0.15) is 0 Å². The molecule has 1 saturated heterocycles. The summed E-state index contributed by atoms with van der Waals surface area (Å²) < 4.78 is 25.0. The summed E-state index contributed by atoms with van der Waals surface area (Å²) in [6.45, 7) is 3.67. The van der Waals surface area contributed by atoms with Crippen molar-refractivity contribution < 1.29 is 8.42 Å². The molecule has 1 atom stereocenters. The lowest BCUT2D eigenvalue weighted by molar-refractivity contribution is 0.332. The minimum absolute atomic E-state index is 0.143. The summed E-state index contributed by atoms with van der Waals surface area (Å²) in [7, 11) is -1.64. The zero-order chi connectivity index (χ0) is 15.1. The van der Waals surface area contributed by atoms with Crippen LogP contribution >= 0.6 is 0 Å². The first-order valence-electron chi connectivity index (χ1n) is 7.50. The van der Waals surface area contributed by atoms with E-state index < -0.39 is 10.0 Å². The van der Waals surface area contributed by atoms with Gasteiger partial charge in [0.05, 0.1) is 5.75 Å². The van der Waals surface area contributed by atoms with Gasteiger partial charge in [0.15, 0.2) is 0 Å². The Balaban J connectivity index is 1.64. The number of sulfonamides is 1. The maximum absolute atomic E-state index is 11.3. The van der Waals surface area contributed by atoms with Crippen LogP contribution in [0.2, 0.25) is 0 Å². The molecule has 0 spiro atoms. The van der Waals surface area contributed by atoms with Crippen molar-refractivity contribution in [2.75, 3.05) is 39.0 Å². The highest BCUT2D eigenvalue weighted by atomic mass is 32.2. The second-order valence-electron chi connectivity index (χ2n) is 5.50. The van der Waals surface area contributed by atoms with Gasteiger partial charge in [0.2, 0.25) is 10.0 Å². The lowest BCUT2D eigenvalue weighted by Gasteiger charge is -2.16. The first kappa shape index (κ1) is 16.4. The summed E-state index contributed by atoms with van der Waals surface area (Å²) in [5.74, 6) is 0.143. The Morgan fingerprint density at radius 2 is 2.05 bits per heavy atom. The summed E-state index contributed by atoms with van der Waals surface area (Å²) in [6.07, 6.45) is 2.16. The molecule has 0 radical (unpaired) electrons. The molecule has 0 aliphatic carbocycles. The Kier molecular flexibility index (Phi) is 6.17. The van der Waals surface area contributed by atoms with E-state index in [-0.39, 0.29) is 5.75 Å². The largest absolute Gasteiger partial charge is 0.312 e. The van der Waals surface area contributed by atoms with Crippen molar-refractivity contribution in [3.63, 3.8) is 0 Å². The van der Waals surface area contributed by atoms with E-state index in [4.69, 9.17) is 0 Å². The standard InChI is InChI=1S/C15H25N3O2S/c1-16-21(19,20)12-9-17-15-8-11-18(13-15)10-7-14-5-3-2-4-6-14/h2-6,15-17H,7-13H2,1H3. The minimum atomic E-state index is -3.10. The molecule has 2 N–H and O–H groups in total. The highest BCUT2D eigenvalue weighted by Crippen LogP contribution is 2.10. The van der Waals surface area contributed by atoms with Gasteiger partial charge in [-0.05, 0) is 32.0 Å². The first-order valence-corrected chi connectivity index (χ1v) is 9.15. The van der Waals surface area contributed by atoms with Gasteiger partial charge in [0, 0.05) is 25.7 Å². The maximum atomic E-state index is 11.3. The number of hydrogen-bond donors (Lipinski definition) is 2. The van der Waals surface area contributed by atoms with E-state index in [0.717, 1.165) is 32.5 Å². The Morgan fingerprint density at radius 1 is 1.29 bits per heavy atom. The van der Waals surface area contributed by atoms with Crippen LogP contribution in [0.25, 0.3) is 0 Å². The van der Waals surface area contributed by atoms with E-state index >= 15 is 0 Å². The van der Waals surface area contributed by atoms with Crippen LogP contribution in [-0.2, 0) is 16.4 Å². The fourth-order valence-electron chi connectivity index (χ4n) is 2.63. The van der Waals surface area contributed by atoms with Crippen molar-refractivity contribution >= 4 is 10.0 Å². The van der Waals surface area contributed by atoms with Crippen molar-refractivity contribution in [3.05, 3.63) is 35.9 Å². The molecule has 1 aromatic carbocycles. The van der Waals surface area contributed by atoms with Crippen molar-refractivity contribution in [2.45, 2.75) is 18.9 Å². The van der Waals surface area contributed by atoms with Gasteiger partial charge < -0.3 is 10.2 Å². The summed E-state index contributed by atoms with van der Waals surface area (Å²) in [5, 5.41) is 3.34. The molecule has 0 saturated carbocycles. The maximum Gasteiger partial charge on any atom is 0.212 e. The highest BCUT2D eigenvalue weighted by Gasteiger charge is 2.21. The Labute approximate surface area is 127 Å². The zero-order valence-electron chi connectivity index (χ0n) is 12.6. The van der Waals surface area contributed by atoms with Gasteiger partial charge in [-0.2, -0.15) is 0 Å². The van der Waals surface area contributed by atoms with Crippen LogP contribution in [0.15, 0.2) is 30.3 Å². The molecule has 0 amide bonds. The van der Waals surface area contributed by atoms with Crippen LogP contribution in [0, 0.1) is 0 Å². The summed E-state index contributed by atoms with van der Waals surface area (Å²) >= 11 is 0. The Hall–Kier alpha value is -0.950. The van der Waals surface area contributed by atoms with Gasteiger partial charge in [-0.1, -0.05) is 30.3 Å². The molecule has 21 heavy (non-hydrogen) atoms. The molecule has 0 aromatic heterocycles. The normalized spacial score (nSPS) is 20.0.